The number of hydrogen-bond donors (Lipinski definition) is 2. The predicted octanol–water partition coefficient (Wildman–Crippen LogP) is 3.58. The van der Waals surface area contributed by atoms with Crippen LogP contribution in [0.4, 0.5) is 0 Å². The Bertz CT molecular complexity index is 663. The van der Waals surface area contributed by atoms with Gasteiger partial charge in [0.1, 0.15) is 5.84 Å². The molecule has 1 aromatic carbocycles. The fourth-order valence-electron chi connectivity index (χ4n) is 1.56. The Kier molecular flexibility index (Phi) is 3.14. The van der Waals surface area contributed by atoms with Crippen LogP contribution < -0.4 is 5.73 Å². The first-order chi connectivity index (χ1) is 8.37. The van der Waals surface area contributed by atoms with Crippen LogP contribution >= 0.6 is 11.3 Å². The van der Waals surface area contributed by atoms with Crippen LogP contribution in [0.3, 0.4) is 0 Å². The largest absolute Gasteiger partial charge is 0.383 e. The third kappa shape index (κ3) is 2.72. The lowest BCUT2D eigenvalue weighted by molar-refractivity contribution is 0.571. The molecule has 0 spiro atoms. The molecule has 0 saturated carbocycles. The normalized spacial score (nSPS) is 11.1. The van der Waals surface area contributed by atoms with Gasteiger partial charge >= 0.3 is 0 Å². The summed E-state index contributed by atoms with van der Waals surface area (Å²) in [6, 6.07) is 8.00. The summed E-state index contributed by atoms with van der Waals surface area (Å²) in [4.78, 5) is 0.801. The first kappa shape index (κ1) is 12.7. The molecule has 0 bridgehead atoms. The quantitative estimate of drug-likeness (QED) is 0.457. The Morgan fingerprint density at radius 1 is 1.33 bits per heavy atom. The molecule has 0 fully saturated rings. The molecule has 3 N–H and O–H groups in total. The van der Waals surface area contributed by atoms with Gasteiger partial charge in [0.05, 0.1) is 4.88 Å². The molecule has 2 nitrogen and oxygen atoms in total. The Labute approximate surface area is 111 Å². The van der Waals surface area contributed by atoms with Crippen molar-refractivity contribution in [2.45, 2.75) is 20.8 Å². The van der Waals surface area contributed by atoms with Crippen LogP contribution in [0.5, 0.6) is 0 Å². The summed E-state index contributed by atoms with van der Waals surface area (Å²) in [6.45, 7) is 6.28. The van der Waals surface area contributed by atoms with Crippen LogP contribution in [0.2, 0.25) is 0 Å². The predicted molar refractivity (Wildman–Crippen MR) is 79.2 cm³/mol. The second kappa shape index (κ2) is 4.47. The maximum Gasteiger partial charge on any atom is 0.133 e. The maximum atomic E-state index is 7.49. The summed E-state index contributed by atoms with van der Waals surface area (Å²) in [7, 11) is 0. The molecule has 3 heteroatoms. The summed E-state index contributed by atoms with van der Waals surface area (Å²) < 4.78 is 1.13. The van der Waals surface area contributed by atoms with E-state index in [4.69, 9.17) is 11.1 Å². The average molecular weight is 256 g/mol. The lowest BCUT2D eigenvalue weighted by atomic mass is 9.97. The number of thiophene rings is 1. The Balaban J connectivity index is 2.57. The summed E-state index contributed by atoms with van der Waals surface area (Å²) in [6.07, 6.45) is 0. The van der Waals surface area contributed by atoms with E-state index in [1.165, 1.54) is 11.3 Å². The molecule has 92 valence electrons. The van der Waals surface area contributed by atoms with Gasteiger partial charge in [-0.2, -0.15) is 0 Å². The molecule has 2 rings (SSSR count). The Morgan fingerprint density at radius 2 is 2.06 bits per heavy atom. The first-order valence-corrected chi connectivity index (χ1v) is 6.58. The van der Waals surface area contributed by atoms with Crippen LogP contribution in [0.25, 0.3) is 10.1 Å². The summed E-state index contributed by atoms with van der Waals surface area (Å²) in [5, 5.41) is 8.58. The molecule has 0 amide bonds. The zero-order valence-corrected chi connectivity index (χ0v) is 11.6. The van der Waals surface area contributed by atoms with E-state index >= 15 is 0 Å². The molecule has 0 atom stereocenters. The molecule has 2 aromatic rings. The van der Waals surface area contributed by atoms with Crippen LogP contribution in [-0.2, 0) is 0 Å². The van der Waals surface area contributed by atoms with Crippen molar-refractivity contribution in [1.82, 2.24) is 0 Å². The minimum atomic E-state index is -0.0123. The Hall–Kier alpha value is -1.79. The SMILES string of the molecule is CC(C)(C)C#Cc1cccc2sc(C(=N)N)cc12. The summed E-state index contributed by atoms with van der Waals surface area (Å²) in [5.41, 5.74) is 6.52. The van der Waals surface area contributed by atoms with Gasteiger partial charge in [0, 0.05) is 21.1 Å². The van der Waals surface area contributed by atoms with E-state index in [0.29, 0.717) is 0 Å². The Morgan fingerprint density at radius 3 is 2.67 bits per heavy atom. The van der Waals surface area contributed by atoms with Crippen molar-refractivity contribution in [3.05, 3.63) is 34.7 Å². The fraction of sp³-hybridized carbons (Fsp3) is 0.267. The molecule has 0 aliphatic heterocycles. The molecular weight excluding hydrogens is 240 g/mol. The fourth-order valence-corrected chi connectivity index (χ4v) is 2.51. The van der Waals surface area contributed by atoms with E-state index in [-0.39, 0.29) is 11.3 Å². The van der Waals surface area contributed by atoms with Gasteiger partial charge in [-0.1, -0.05) is 17.9 Å². The second-order valence-electron chi connectivity index (χ2n) is 5.24. The van der Waals surface area contributed by atoms with Gasteiger partial charge in [-0.15, -0.1) is 11.3 Å². The van der Waals surface area contributed by atoms with E-state index in [9.17, 15) is 0 Å². The lowest BCUT2D eigenvalue weighted by Crippen LogP contribution is -2.08. The molecule has 0 radical (unpaired) electrons. The van der Waals surface area contributed by atoms with Crippen LogP contribution in [-0.4, -0.2) is 5.84 Å². The highest BCUT2D eigenvalue weighted by molar-refractivity contribution is 7.20. The smallest absolute Gasteiger partial charge is 0.133 e. The minimum absolute atomic E-state index is 0.0123. The van der Waals surface area contributed by atoms with E-state index in [0.717, 1.165) is 20.5 Å². The monoisotopic (exact) mass is 256 g/mol. The number of rotatable bonds is 1. The van der Waals surface area contributed by atoms with Crippen LogP contribution in [0, 0.1) is 22.7 Å². The van der Waals surface area contributed by atoms with Crippen LogP contribution in [0.15, 0.2) is 24.3 Å². The van der Waals surface area contributed by atoms with Gasteiger partial charge in [0.2, 0.25) is 0 Å². The number of amidine groups is 1. The van der Waals surface area contributed by atoms with Gasteiger partial charge in [0.15, 0.2) is 0 Å². The molecule has 0 aliphatic carbocycles. The summed E-state index contributed by atoms with van der Waals surface area (Å²) >= 11 is 1.54. The standard InChI is InChI=1S/C15H16N2S/c1-15(2,3)8-7-10-5-4-6-12-11(10)9-13(18-12)14(16)17/h4-6,9H,1-3H3,(H3,16,17). The number of fused-ring (bicyclic) bond motifs is 1. The molecule has 1 aromatic heterocycles. The summed E-state index contributed by atoms with van der Waals surface area (Å²) in [5.74, 6) is 6.58. The van der Waals surface area contributed by atoms with Crippen molar-refractivity contribution in [3.8, 4) is 11.8 Å². The van der Waals surface area contributed by atoms with Crippen molar-refractivity contribution in [2.75, 3.05) is 0 Å². The van der Waals surface area contributed by atoms with Crippen LogP contribution in [0.1, 0.15) is 31.2 Å². The van der Waals surface area contributed by atoms with Crippen molar-refractivity contribution in [1.29, 1.82) is 5.41 Å². The first-order valence-electron chi connectivity index (χ1n) is 5.77. The molecule has 0 unspecified atom stereocenters. The lowest BCUT2D eigenvalue weighted by Gasteiger charge is -2.06. The topological polar surface area (TPSA) is 49.9 Å². The van der Waals surface area contributed by atoms with Crippen molar-refractivity contribution in [2.24, 2.45) is 11.1 Å². The van der Waals surface area contributed by atoms with Gasteiger partial charge < -0.3 is 5.73 Å². The highest BCUT2D eigenvalue weighted by Gasteiger charge is 2.08. The third-order valence-electron chi connectivity index (χ3n) is 2.40. The van der Waals surface area contributed by atoms with Crippen molar-refractivity contribution >= 4 is 27.3 Å². The average Bonchev–Trinajstić information content (AvgIpc) is 2.69. The van der Waals surface area contributed by atoms with E-state index in [1.54, 1.807) is 0 Å². The number of nitrogens with two attached hydrogens (primary N) is 1. The van der Waals surface area contributed by atoms with Gasteiger partial charge in [0.25, 0.3) is 0 Å². The van der Waals surface area contributed by atoms with Gasteiger partial charge in [-0.05, 0) is 39.0 Å². The van der Waals surface area contributed by atoms with Crippen molar-refractivity contribution < 1.29 is 0 Å². The number of nitrogens with one attached hydrogen (secondary N) is 1. The second-order valence-corrected chi connectivity index (χ2v) is 6.33. The highest BCUT2D eigenvalue weighted by Crippen LogP contribution is 2.28. The van der Waals surface area contributed by atoms with E-state index in [1.807, 2.05) is 24.3 Å². The molecule has 1 heterocycles. The molecule has 0 aliphatic rings. The molecule has 18 heavy (non-hydrogen) atoms. The third-order valence-corrected chi connectivity index (χ3v) is 3.53. The van der Waals surface area contributed by atoms with E-state index in [2.05, 4.69) is 32.6 Å². The number of nitrogen functional groups attached to an aromatic ring is 1. The van der Waals surface area contributed by atoms with Gasteiger partial charge in [-0.3, -0.25) is 5.41 Å². The maximum absolute atomic E-state index is 7.49. The zero-order chi connectivity index (χ0) is 13.3. The van der Waals surface area contributed by atoms with E-state index < -0.39 is 0 Å². The van der Waals surface area contributed by atoms with Gasteiger partial charge in [-0.25, -0.2) is 0 Å². The molecule has 0 saturated heterocycles. The number of benzene rings is 1. The van der Waals surface area contributed by atoms with Crippen molar-refractivity contribution in [3.63, 3.8) is 0 Å². The minimum Gasteiger partial charge on any atom is -0.383 e. The highest BCUT2D eigenvalue weighted by atomic mass is 32.1. The number of hydrogen-bond acceptors (Lipinski definition) is 2. The molecular formula is C15H16N2S. The zero-order valence-electron chi connectivity index (χ0n) is 10.8.